The van der Waals surface area contributed by atoms with Gasteiger partial charge in [-0.1, -0.05) is 13.3 Å². The molecule has 0 amide bonds. The van der Waals surface area contributed by atoms with Gasteiger partial charge < -0.3 is 5.32 Å². The van der Waals surface area contributed by atoms with Gasteiger partial charge in [0.2, 0.25) is 5.95 Å². The van der Waals surface area contributed by atoms with Gasteiger partial charge >= 0.3 is 5.69 Å². The molecule has 2 aromatic heterocycles. The molecule has 3 rings (SSSR count). The lowest BCUT2D eigenvalue weighted by Gasteiger charge is -2.07. The first-order chi connectivity index (χ1) is 8.28. The molecule has 1 fully saturated rings. The van der Waals surface area contributed by atoms with Gasteiger partial charge in [0.15, 0.2) is 5.65 Å². The van der Waals surface area contributed by atoms with Crippen molar-refractivity contribution >= 4 is 11.6 Å². The second-order valence-electron chi connectivity index (χ2n) is 4.46. The Balaban J connectivity index is 2.12. The van der Waals surface area contributed by atoms with Gasteiger partial charge in [-0.25, -0.2) is 19.3 Å². The third kappa shape index (κ3) is 1.90. The SMILES string of the molecule is CCCc1cc2n[nH]c(=O)n2c(NC2CC2)n1. The highest BCUT2D eigenvalue weighted by atomic mass is 16.1. The lowest BCUT2D eigenvalue weighted by atomic mass is 10.2. The van der Waals surface area contributed by atoms with Crippen LogP contribution in [0.15, 0.2) is 10.9 Å². The average molecular weight is 233 g/mol. The molecule has 0 bridgehead atoms. The first kappa shape index (κ1) is 10.3. The molecule has 0 aromatic carbocycles. The zero-order valence-corrected chi connectivity index (χ0v) is 9.73. The number of aromatic amines is 1. The normalized spacial score (nSPS) is 15.4. The quantitative estimate of drug-likeness (QED) is 0.824. The van der Waals surface area contributed by atoms with E-state index in [0.717, 1.165) is 31.4 Å². The molecule has 6 nitrogen and oxygen atoms in total. The summed E-state index contributed by atoms with van der Waals surface area (Å²) in [6, 6.07) is 2.32. The molecule has 0 spiro atoms. The average Bonchev–Trinajstić information content (AvgIpc) is 3.03. The van der Waals surface area contributed by atoms with E-state index in [1.807, 2.05) is 6.07 Å². The largest absolute Gasteiger partial charge is 0.352 e. The molecule has 17 heavy (non-hydrogen) atoms. The van der Waals surface area contributed by atoms with Crippen molar-refractivity contribution in [1.29, 1.82) is 0 Å². The van der Waals surface area contributed by atoms with Crippen LogP contribution in [0.25, 0.3) is 5.65 Å². The Morgan fingerprint density at radius 1 is 1.59 bits per heavy atom. The summed E-state index contributed by atoms with van der Waals surface area (Å²) in [4.78, 5) is 16.1. The van der Waals surface area contributed by atoms with E-state index in [9.17, 15) is 4.79 Å². The zero-order valence-electron chi connectivity index (χ0n) is 9.73. The number of hydrogen-bond acceptors (Lipinski definition) is 4. The number of nitrogens with zero attached hydrogens (tertiary/aromatic N) is 3. The van der Waals surface area contributed by atoms with E-state index in [1.54, 1.807) is 0 Å². The summed E-state index contributed by atoms with van der Waals surface area (Å²) in [6.07, 6.45) is 4.22. The fourth-order valence-electron chi connectivity index (χ4n) is 1.87. The first-order valence-electron chi connectivity index (χ1n) is 6.01. The first-order valence-corrected chi connectivity index (χ1v) is 6.01. The molecule has 0 radical (unpaired) electrons. The van der Waals surface area contributed by atoms with Crippen LogP contribution < -0.4 is 11.0 Å². The van der Waals surface area contributed by atoms with Gasteiger partial charge in [-0.2, -0.15) is 5.10 Å². The number of hydrogen-bond donors (Lipinski definition) is 2. The van der Waals surface area contributed by atoms with Crippen molar-refractivity contribution in [2.24, 2.45) is 0 Å². The van der Waals surface area contributed by atoms with Crippen molar-refractivity contribution in [2.75, 3.05) is 5.32 Å². The van der Waals surface area contributed by atoms with Gasteiger partial charge in [-0.05, 0) is 19.3 Å². The topological polar surface area (TPSA) is 75.1 Å². The van der Waals surface area contributed by atoms with Crippen LogP contribution in [0.5, 0.6) is 0 Å². The van der Waals surface area contributed by atoms with Crippen molar-refractivity contribution in [2.45, 2.75) is 38.6 Å². The smallest absolute Gasteiger partial charge is 0.350 e. The summed E-state index contributed by atoms with van der Waals surface area (Å²) < 4.78 is 1.50. The fraction of sp³-hybridized carbons (Fsp3) is 0.545. The summed E-state index contributed by atoms with van der Waals surface area (Å²) in [6.45, 7) is 2.11. The van der Waals surface area contributed by atoms with Crippen LogP contribution in [0.1, 0.15) is 31.9 Å². The van der Waals surface area contributed by atoms with Crippen molar-refractivity contribution in [3.05, 3.63) is 22.2 Å². The van der Waals surface area contributed by atoms with Gasteiger partial charge in [0.05, 0.1) is 0 Å². The maximum absolute atomic E-state index is 11.6. The Morgan fingerprint density at radius 3 is 3.12 bits per heavy atom. The monoisotopic (exact) mass is 233 g/mol. The van der Waals surface area contributed by atoms with E-state index in [0.29, 0.717) is 17.6 Å². The van der Waals surface area contributed by atoms with Crippen LogP contribution in [0.2, 0.25) is 0 Å². The predicted molar refractivity (Wildman–Crippen MR) is 64.2 cm³/mol. The fourth-order valence-corrected chi connectivity index (χ4v) is 1.87. The number of aryl methyl sites for hydroxylation is 1. The van der Waals surface area contributed by atoms with Crippen LogP contribution in [0.3, 0.4) is 0 Å². The number of anilines is 1. The third-order valence-corrected chi connectivity index (χ3v) is 2.87. The van der Waals surface area contributed by atoms with Gasteiger partial charge in [0.25, 0.3) is 0 Å². The summed E-state index contributed by atoms with van der Waals surface area (Å²) in [5, 5.41) is 9.73. The summed E-state index contributed by atoms with van der Waals surface area (Å²) >= 11 is 0. The number of nitrogens with one attached hydrogen (secondary N) is 2. The standard InChI is InChI=1S/C11H15N5O/c1-2-3-8-6-9-14-15-11(17)16(9)10(13-8)12-7-4-5-7/h6-7H,2-5H2,1H3,(H,12,13)(H,15,17). The second-order valence-corrected chi connectivity index (χ2v) is 4.46. The minimum atomic E-state index is -0.237. The van der Waals surface area contributed by atoms with Crippen molar-refractivity contribution in [3.8, 4) is 0 Å². The predicted octanol–water partition coefficient (Wildman–Crippen LogP) is 0.944. The van der Waals surface area contributed by atoms with Gasteiger partial charge in [0.1, 0.15) is 0 Å². The van der Waals surface area contributed by atoms with E-state index in [4.69, 9.17) is 0 Å². The molecule has 0 aliphatic heterocycles. The summed E-state index contributed by atoms with van der Waals surface area (Å²) in [5.41, 5.74) is 1.37. The molecule has 2 N–H and O–H groups in total. The molecule has 90 valence electrons. The number of rotatable bonds is 4. The number of aromatic nitrogens is 4. The summed E-state index contributed by atoms with van der Waals surface area (Å²) in [7, 11) is 0. The molecule has 0 unspecified atom stereocenters. The molecular weight excluding hydrogens is 218 g/mol. The van der Waals surface area contributed by atoms with Crippen LogP contribution in [-0.4, -0.2) is 25.6 Å². The van der Waals surface area contributed by atoms with Crippen LogP contribution >= 0.6 is 0 Å². The van der Waals surface area contributed by atoms with E-state index < -0.39 is 0 Å². The minimum absolute atomic E-state index is 0.237. The van der Waals surface area contributed by atoms with Gasteiger partial charge in [0, 0.05) is 17.8 Å². The number of fused-ring (bicyclic) bond motifs is 1. The van der Waals surface area contributed by atoms with Crippen LogP contribution in [0, 0.1) is 0 Å². The maximum atomic E-state index is 11.6. The third-order valence-electron chi connectivity index (χ3n) is 2.87. The van der Waals surface area contributed by atoms with Crippen LogP contribution in [0.4, 0.5) is 5.95 Å². The molecule has 1 aliphatic rings. The van der Waals surface area contributed by atoms with Crippen molar-refractivity contribution in [1.82, 2.24) is 19.6 Å². The molecule has 2 aromatic rings. The van der Waals surface area contributed by atoms with E-state index >= 15 is 0 Å². The minimum Gasteiger partial charge on any atom is -0.352 e. The van der Waals surface area contributed by atoms with E-state index in [-0.39, 0.29) is 5.69 Å². The van der Waals surface area contributed by atoms with Crippen molar-refractivity contribution in [3.63, 3.8) is 0 Å². The molecular formula is C11H15N5O. The Labute approximate surface area is 98.1 Å². The molecule has 6 heteroatoms. The Hall–Kier alpha value is -1.85. The lowest BCUT2D eigenvalue weighted by Crippen LogP contribution is -2.17. The summed E-state index contributed by atoms with van der Waals surface area (Å²) in [5.74, 6) is 0.618. The molecule has 1 aliphatic carbocycles. The highest BCUT2D eigenvalue weighted by molar-refractivity contribution is 5.46. The highest BCUT2D eigenvalue weighted by Gasteiger charge is 2.23. The van der Waals surface area contributed by atoms with Crippen LogP contribution in [-0.2, 0) is 6.42 Å². The number of H-pyrrole nitrogens is 1. The van der Waals surface area contributed by atoms with Crippen molar-refractivity contribution < 1.29 is 0 Å². The Kier molecular flexibility index (Phi) is 2.35. The van der Waals surface area contributed by atoms with Gasteiger partial charge in [-0.15, -0.1) is 0 Å². The Morgan fingerprint density at radius 2 is 2.41 bits per heavy atom. The molecule has 0 atom stereocenters. The van der Waals surface area contributed by atoms with E-state index in [1.165, 1.54) is 4.40 Å². The van der Waals surface area contributed by atoms with E-state index in [2.05, 4.69) is 27.4 Å². The molecule has 1 saturated carbocycles. The molecule has 2 heterocycles. The Bertz CT molecular complexity index is 595. The highest BCUT2D eigenvalue weighted by Crippen LogP contribution is 2.23. The maximum Gasteiger partial charge on any atom is 0.350 e. The van der Waals surface area contributed by atoms with Gasteiger partial charge in [-0.3, -0.25) is 0 Å². The lowest BCUT2D eigenvalue weighted by molar-refractivity contribution is 0.861. The zero-order chi connectivity index (χ0) is 11.8. The molecule has 0 saturated heterocycles. The second kappa shape index (κ2) is 3.87.